The molecule has 0 radical (unpaired) electrons. The summed E-state index contributed by atoms with van der Waals surface area (Å²) in [6.07, 6.45) is 1.47. The molecule has 3 N–H and O–H groups in total. The van der Waals surface area contributed by atoms with Crippen LogP contribution in [0.4, 0.5) is 5.82 Å². The van der Waals surface area contributed by atoms with Gasteiger partial charge in [-0.05, 0) is 55.5 Å². The number of hydrogen-bond acceptors (Lipinski definition) is 6. The number of anilines is 1. The van der Waals surface area contributed by atoms with Crippen molar-refractivity contribution in [3.8, 4) is 22.9 Å². The summed E-state index contributed by atoms with van der Waals surface area (Å²) in [5, 5.41) is 25.5. The SMILES string of the molecule is Cc1c(O)ccc(/C=N/Nc2nc(-c3ccc(Cl)cc3)nc3ccccc23)c1O. The van der Waals surface area contributed by atoms with Crippen molar-refractivity contribution in [1.29, 1.82) is 0 Å². The lowest BCUT2D eigenvalue weighted by molar-refractivity contribution is 0.442. The number of rotatable bonds is 4. The van der Waals surface area contributed by atoms with Crippen LogP contribution >= 0.6 is 11.6 Å². The first-order chi connectivity index (χ1) is 14.0. The van der Waals surface area contributed by atoms with Crippen LogP contribution in [-0.4, -0.2) is 26.4 Å². The molecule has 29 heavy (non-hydrogen) atoms. The molecule has 0 spiro atoms. The summed E-state index contributed by atoms with van der Waals surface area (Å²) in [6, 6.07) is 18.0. The van der Waals surface area contributed by atoms with Gasteiger partial charge in [0.25, 0.3) is 0 Å². The molecule has 0 aliphatic rings. The summed E-state index contributed by atoms with van der Waals surface area (Å²) in [4.78, 5) is 9.23. The Morgan fingerprint density at radius 3 is 2.52 bits per heavy atom. The number of fused-ring (bicyclic) bond motifs is 1. The minimum absolute atomic E-state index is 0.0232. The van der Waals surface area contributed by atoms with E-state index in [1.165, 1.54) is 12.3 Å². The van der Waals surface area contributed by atoms with Gasteiger partial charge in [-0.2, -0.15) is 5.10 Å². The molecule has 1 aromatic heterocycles. The summed E-state index contributed by atoms with van der Waals surface area (Å²) < 4.78 is 0. The molecule has 6 nitrogen and oxygen atoms in total. The number of benzene rings is 3. The van der Waals surface area contributed by atoms with E-state index in [0.29, 0.717) is 27.8 Å². The van der Waals surface area contributed by atoms with Crippen molar-refractivity contribution in [2.24, 2.45) is 5.10 Å². The van der Waals surface area contributed by atoms with E-state index in [1.54, 1.807) is 25.1 Å². The zero-order chi connectivity index (χ0) is 20.4. The Hall–Kier alpha value is -3.64. The molecule has 0 saturated carbocycles. The second kappa shape index (κ2) is 7.77. The second-order valence-corrected chi connectivity index (χ2v) is 6.87. The van der Waals surface area contributed by atoms with Crippen LogP contribution in [0, 0.1) is 6.92 Å². The first kappa shape index (κ1) is 18.7. The number of nitrogens with zero attached hydrogens (tertiary/aromatic N) is 3. The van der Waals surface area contributed by atoms with Crippen LogP contribution in [-0.2, 0) is 0 Å². The fraction of sp³-hybridized carbons (Fsp3) is 0.0455. The molecule has 0 aliphatic carbocycles. The Morgan fingerprint density at radius 2 is 1.72 bits per heavy atom. The van der Waals surface area contributed by atoms with Gasteiger partial charge in [-0.3, -0.25) is 5.43 Å². The zero-order valence-corrected chi connectivity index (χ0v) is 16.2. The molecule has 3 aromatic carbocycles. The normalized spacial score (nSPS) is 11.2. The maximum absolute atomic E-state index is 10.1. The van der Waals surface area contributed by atoms with Crippen LogP contribution in [0.15, 0.2) is 65.8 Å². The lowest BCUT2D eigenvalue weighted by Gasteiger charge is -2.09. The fourth-order valence-electron chi connectivity index (χ4n) is 2.87. The standard InChI is InChI=1S/C22H17ClN4O2/c1-13-19(28)11-8-15(20(13)29)12-24-27-22-17-4-2-3-5-18(17)25-21(26-22)14-6-9-16(23)10-7-14/h2-12,28-29H,1H3,(H,25,26,27)/b24-12+. The molecule has 0 fully saturated rings. The van der Waals surface area contributed by atoms with Gasteiger partial charge in [0, 0.05) is 27.1 Å². The second-order valence-electron chi connectivity index (χ2n) is 6.44. The van der Waals surface area contributed by atoms with Gasteiger partial charge in [-0.1, -0.05) is 23.7 Å². The van der Waals surface area contributed by atoms with Crippen molar-refractivity contribution in [2.75, 3.05) is 5.43 Å². The van der Waals surface area contributed by atoms with E-state index in [1.807, 2.05) is 36.4 Å². The van der Waals surface area contributed by atoms with Crippen LogP contribution < -0.4 is 5.43 Å². The van der Waals surface area contributed by atoms with Gasteiger partial charge in [0.15, 0.2) is 11.6 Å². The minimum atomic E-state index is -0.0232. The predicted octanol–water partition coefficient (Wildman–Crippen LogP) is 5.12. The van der Waals surface area contributed by atoms with E-state index in [2.05, 4.69) is 20.5 Å². The number of aromatic nitrogens is 2. The number of halogens is 1. The lowest BCUT2D eigenvalue weighted by Crippen LogP contribution is -1.99. The number of para-hydroxylation sites is 1. The molecular weight excluding hydrogens is 388 g/mol. The number of hydrazone groups is 1. The van der Waals surface area contributed by atoms with Gasteiger partial charge >= 0.3 is 0 Å². The smallest absolute Gasteiger partial charge is 0.162 e. The highest BCUT2D eigenvalue weighted by molar-refractivity contribution is 6.30. The molecule has 4 aromatic rings. The Labute approximate surface area is 172 Å². The Morgan fingerprint density at radius 1 is 0.966 bits per heavy atom. The molecule has 144 valence electrons. The fourth-order valence-corrected chi connectivity index (χ4v) is 2.99. The highest BCUT2D eigenvalue weighted by Gasteiger charge is 2.10. The van der Waals surface area contributed by atoms with Crippen LogP contribution in [0.1, 0.15) is 11.1 Å². The van der Waals surface area contributed by atoms with Crippen LogP contribution in [0.25, 0.3) is 22.3 Å². The van der Waals surface area contributed by atoms with E-state index < -0.39 is 0 Å². The maximum atomic E-state index is 10.1. The summed E-state index contributed by atoms with van der Waals surface area (Å²) in [5.74, 6) is 1.08. The van der Waals surface area contributed by atoms with Crippen LogP contribution in [0.2, 0.25) is 5.02 Å². The third-order valence-corrected chi connectivity index (χ3v) is 4.77. The van der Waals surface area contributed by atoms with E-state index in [9.17, 15) is 10.2 Å². The van der Waals surface area contributed by atoms with Gasteiger partial charge in [0.1, 0.15) is 11.5 Å². The van der Waals surface area contributed by atoms with Crippen molar-refractivity contribution in [1.82, 2.24) is 9.97 Å². The van der Waals surface area contributed by atoms with E-state index in [-0.39, 0.29) is 11.5 Å². The first-order valence-corrected chi connectivity index (χ1v) is 9.24. The maximum Gasteiger partial charge on any atom is 0.162 e. The summed E-state index contributed by atoms with van der Waals surface area (Å²) in [5.41, 5.74) is 5.41. The Kier molecular flexibility index (Phi) is 5.01. The van der Waals surface area contributed by atoms with Gasteiger partial charge in [0.2, 0.25) is 0 Å². The monoisotopic (exact) mass is 404 g/mol. The molecule has 7 heteroatoms. The third-order valence-electron chi connectivity index (χ3n) is 4.51. The van der Waals surface area contributed by atoms with Crippen molar-refractivity contribution in [2.45, 2.75) is 6.92 Å². The van der Waals surface area contributed by atoms with Crippen molar-refractivity contribution >= 4 is 34.5 Å². The quantitative estimate of drug-likeness (QED) is 0.324. The van der Waals surface area contributed by atoms with Gasteiger partial charge in [-0.15, -0.1) is 0 Å². The highest BCUT2D eigenvalue weighted by atomic mass is 35.5. The third kappa shape index (κ3) is 3.83. The minimum Gasteiger partial charge on any atom is -0.508 e. The number of phenols is 2. The molecule has 0 saturated heterocycles. The van der Waals surface area contributed by atoms with Gasteiger partial charge in [0.05, 0.1) is 11.7 Å². The molecule has 0 unspecified atom stereocenters. The summed E-state index contributed by atoms with van der Waals surface area (Å²) in [7, 11) is 0. The topological polar surface area (TPSA) is 90.6 Å². The predicted molar refractivity (Wildman–Crippen MR) is 116 cm³/mol. The summed E-state index contributed by atoms with van der Waals surface area (Å²) in [6.45, 7) is 1.63. The van der Waals surface area contributed by atoms with Crippen LogP contribution in [0.5, 0.6) is 11.5 Å². The molecular formula is C22H17ClN4O2. The average Bonchev–Trinajstić information content (AvgIpc) is 2.74. The summed E-state index contributed by atoms with van der Waals surface area (Å²) >= 11 is 5.98. The number of nitrogens with one attached hydrogen (secondary N) is 1. The van der Waals surface area contributed by atoms with Crippen molar-refractivity contribution < 1.29 is 10.2 Å². The lowest BCUT2D eigenvalue weighted by atomic mass is 10.1. The molecule has 0 bridgehead atoms. The number of hydrogen-bond donors (Lipinski definition) is 3. The molecule has 0 amide bonds. The first-order valence-electron chi connectivity index (χ1n) is 8.86. The van der Waals surface area contributed by atoms with E-state index in [4.69, 9.17) is 11.6 Å². The number of phenolic OH excluding ortho intramolecular Hbond substituents is 2. The molecule has 4 rings (SSSR count). The Bertz CT molecular complexity index is 1220. The largest absolute Gasteiger partial charge is 0.508 e. The van der Waals surface area contributed by atoms with Gasteiger partial charge in [-0.25, -0.2) is 9.97 Å². The molecule has 0 atom stereocenters. The van der Waals surface area contributed by atoms with E-state index >= 15 is 0 Å². The zero-order valence-electron chi connectivity index (χ0n) is 15.5. The Balaban J connectivity index is 1.71. The van der Waals surface area contributed by atoms with E-state index in [0.717, 1.165) is 16.5 Å². The van der Waals surface area contributed by atoms with Crippen molar-refractivity contribution in [3.05, 3.63) is 76.8 Å². The van der Waals surface area contributed by atoms with Crippen molar-refractivity contribution in [3.63, 3.8) is 0 Å². The average molecular weight is 405 g/mol. The van der Waals surface area contributed by atoms with Gasteiger partial charge < -0.3 is 10.2 Å². The molecule has 1 heterocycles. The highest BCUT2D eigenvalue weighted by Crippen LogP contribution is 2.29. The van der Waals surface area contributed by atoms with Crippen LogP contribution in [0.3, 0.4) is 0 Å². The number of aromatic hydroxyl groups is 2. The molecule has 0 aliphatic heterocycles.